The summed E-state index contributed by atoms with van der Waals surface area (Å²) in [4.78, 5) is 6.72. The molecule has 2 fully saturated rings. The highest BCUT2D eigenvalue weighted by Gasteiger charge is 2.32. The molecule has 3 N–H and O–H groups in total. The van der Waals surface area contributed by atoms with Gasteiger partial charge >= 0.3 is 0 Å². The maximum Gasteiger partial charge on any atom is 0.191 e. The molecule has 0 radical (unpaired) electrons. The summed E-state index contributed by atoms with van der Waals surface area (Å²) in [6.45, 7) is 1.06. The van der Waals surface area contributed by atoms with Gasteiger partial charge in [0.2, 0.25) is 0 Å². The lowest BCUT2D eigenvalue weighted by atomic mass is 9.72. The molecule has 0 heterocycles. The minimum Gasteiger partial charge on any atom is -0.396 e. The lowest BCUT2D eigenvalue weighted by Crippen LogP contribution is -2.37. The van der Waals surface area contributed by atoms with Crippen molar-refractivity contribution in [3.8, 4) is 0 Å². The van der Waals surface area contributed by atoms with Crippen LogP contribution >= 0.6 is 24.0 Å². The Hall–Kier alpha value is -0.0400. The Morgan fingerprint density at radius 1 is 1.32 bits per heavy atom. The van der Waals surface area contributed by atoms with Gasteiger partial charge in [0, 0.05) is 26.2 Å². The molecule has 0 spiro atoms. The first kappa shape index (κ1) is 17.0. The van der Waals surface area contributed by atoms with Crippen LogP contribution in [0.3, 0.4) is 0 Å². The van der Waals surface area contributed by atoms with Gasteiger partial charge in [0.05, 0.1) is 0 Å². The molecule has 0 aromatic rings. The van der Waals surface area contributed by atoms with Gasteiger partial charge < -0.3 is 15.7 Å². The quantitative estimate of drug-likeness (QED) is 0.437. The van der Waals surface area contributed by atoms with E-state index in [1.54, 1.807) is 0 Å². The number of aliphatic imine (C=N–C) groups is 1. The van der Waals surface area contributed by atoms with Crippen LogP contribution in [0, 0.1) is 5.41 Å². The number of hydrogen-bond acceptors (Lipinski definition) is 2. The highest BCUT2D eigenvalue weighted by molar-refractivity contribution is 14.0. The van der Waals surface area contributed by atoms with E-state index in [1.165, 1.54) is 44.9 Å². The summed E-state index contributed by atoms with van der Waals surface area (Å²) in [5.41, 5.74) is 6.25. The van der Waals surface area contributed by atoms with Crippen molar-refractivity contribution in [1.29, 1.82) is 0 Å². The molecule has 0 amide bonds. The van der Waals surface area contributed by atoms with E-state index in [2.05, 4.69) is 9.89 Å². The molecule has 19 heavy (non-hydrogen) atoms. The van der Waals surface area contributed by atoms with Crippen molar-refractivity contribution in [2.45, 2.75) is 57.4 Å². The molecule has 2 aliphatic carbocycles. The van der Waals surface area contributed by atoms with E-state index in [1.807, 2.05) is 7.05 Å². The summed E-state index contributed by atoms with van der Waals surface area (Å²) in [7, 11) is 2.04. The first-order valence-corrected chi connectivity index (χ1v) is 7.30. The lowest BCUT2D eigenvalue weighted by molar-refractivity contribution is 0.137. The fraction of sp³-hybridized carbons (Fsp3) is 0.929. The highest BCUT2D eigenvalue weighted by atomic mass is 127. The minimum atomic E-state index is 0. The molecule has 0 aliphatic heterocycles. The van der Waals surface area contributed by atoms with Crippen molar-refractivity contribution in [3.63, 3.8) is 0 Å². The fourth-order valence-electron chi connectivity index (χ4n) is 3.04. The van der Waals surface area contributed by atoms with Gasteiger partial charge in [-0.05, 0) is 37.5 Å². The zero-order valence-corrected chi connectivity index (χ0v) is 14.3. The highest BCUT2D eigenvalue weighted by Crippen LogP contribution is 2.39. The lowest BCUT2D eigenvalue weighted by Gasteiger charge is -2.36. The van der Waals surface area contributed by atoms with Crippen LogP contribution in [0.4, 0.5) is 0 Å². The second kappa shape index (κ2) is 7.67. The van der Waals surface area contributed by atoms with E-state index in [0.717, 1.165) is 13.0 Å². The molecular weight excluding hydrogens is 353 g/mol. The van der Waals surface area contributed by atoms with Crippen LogP contribution in [0.2, 0.25) is 0 Å². The van der Waals surface area contributed by atoms with E-state index in [0.29, 0.717) is 12.0 Å². The molecular formula is C14H28IN3O. The largest absolute Gasteiger partial charge is 0.396 e. The predicted octanol–water partition coefficient (Wildman–Crippen LogP) is 2.35. The van der Waals surface area contributed by atoms with Crippen molar-refractivity contribution >= 4 is 29.9 Å². The van der Waals surface area contributed by atoms with Crippen LogP contribution in [0.25, 0.3) is 0 Å². The topological polar surface area (TPSA) is 61.8 Å². The number of hydrogen-bond donors (Lipinski definition) is 2. The SMILES string of the molecule is CN(C(N)=NCC1(CCO)CCCCC1)C1CC1.I. The Labute approximate surface area is 133 Å². The maximum absolute atomic E-state index is 9.27. The first-order chi connectivity index (χ1) is 8.67. The summed E-state index contributed by atoms with van der Waals surface area (Å²) >= 11 is 0. The van der Waals surface area contributed by atoms with Crippen molar-refractivity contribution < 1.29 is 5.11 Å². The third kappa shape index (κ3) is 4.77. The van der Waals surface area contributed by atoms with E-state index in [4.69, 9.17) is 5.73 Å². The van der Waals surface area contributed by atoms with Gasteiger partial charge in [0.1, 0.15) is 0 Å². The molecule has 4 nitrogen and oxygen atoms in total. The van der Waals surface area contributed by atoms with E-state index < -0.39 is 0 Å². The summed E-state index contributed by atoms with van der Waals surface area (Å²) < 4.78 is 0. The molecule has 5 heteroatoms. The minimum absolute atomic E-state index is 0. The van der Waals surface area contributed by atoms with E-state index in [-0.39, 0.29) is 36.0 Å². The number of aliphatic hydroxyl groups excluding tert-OH is 1. The van der Waals surface area contributed by atoms with Crippen LogP contribution in [0.5, 0.6) is 0 Å². The molecule has 2 rings (SSSR count). The Morgan fingerprint density at radius 2 is 1.95 bits per heavy atom. The maximum atomic E-state index is 9.27. The van der Waals surface area contributed by atoms with Crippen LogP contribution < -0.4 is 5.73 Å². The average Bonchev–Trinajstić information content (AvgIpc) is 3.21. The first-order valence-electron chi connectivity index (χ1n) is 7.30. The molecule has 2 aliphatic rings. The van der Waals surface area contributed by atoms with Crippen molar-refractivity contribution in [2.24, 2.45) is 16.1 Å². The fourth-order valence-corrected chi connectivity index (χ4v) is 3.04. The van der Waals surface area contributed by atoms with Crippen LogP contribution in [-0.4, -0.2) is 42.2 Å². The normalized spacial score (nSPS) is 22.7. The summed E-state index contributed by atoms with van der Waals surface area (Å²) in [5, 5.41) is 9.27. The third-order valence-corrected chi connectivity index (χ3v) is 4.59. The van der Waals surface area contributed by atoms with E-state index >= 15 is 0 Å². The Morgan fingerprint density at radius 3 is 2.47 bits per heavy atom. The van der Waals surface area contributed by atoms with Gasteiger partial charge in [-0.1, -0.05) is 19.3 Å². The number of aliphatic hydroxyl groups is 1. The number of rotatable bonds is 5. The number of halogens is 1. The average molecular weight is 381 g/mol. The van der Waals surface area contributed by atoms with Gasteiger partial charge in [-0.3, -0.25) is 4.99 Å². The molecule has 0 bridgehead atoms. The molecule has 112 valence electrons. The Bertz CT molecular complexity index is 294. The smallest absolute Gasteiger partial charge is 0.191 e. The molecule has 0 unspecified atom stereocenters. The molecule has 0 saturated heterocycles. The molecule has 0 atom stereocenters. The summed E-state index contributed by atoms with van der Waals surface area (Å²) in [6.07, 6.45) is 9.62. The second-order valence-electron chi connectivity index (χ2n) is 6.05. The number of nitrogens with zero attached hydrogens (tertiary/aromatic N) is 2. The van der Waals surface area contributed by atoms with Crippen LogP contribution in [-0.2, 0) is 0 Å². The Balaban J connectivity index is 0.00000180. The predicted molar refractivity (Wildman–Crippen MR) is 89.9 cm³/mol. The third-order valence-electron chi connectivity index (χ3n) is 4.59. The second-order valence-corrected chi connectivity index (χ2v) is 6.05. The monoisotopic (exact) mass is 381 g/mol. The van der Waals surface area contributed by atoms with Crippen molar-refractivity contribution in [2.75, 3.05) is 20.2 Å². The van der Waals surface area contributed by atoms with Gasteiger partial charge in [-0.15, -0.1) is 24.0 Å². The number of guanidine groups is 1. The zero-order chi connectivity index (χ0) is 13.0. The molecule has 0 aromatic carbocycles. The van der Waals surface area contributed by atoms with Gasteiger partial charge in [0.25, 0.3) is 0 Å². The van der Waals surface area contributed by atoms with Gasteiger partial charge in [0.15, 0.2) is 5.96 Å². The van der Waals surface area contributed by atoms with Crippen LogP contribution in [0.1, 0.15) is 51.4 Å². The number of nitrogens with two attached hydrogens (primary N) is 1. The van der Waals surface area contributed by atoms with Gasteiger partial charge in [-0.2, -0.15) is 0 Å². The summed E-state index contributed by atoms with van der Waals surface area (Å²) in [5.74, 6) is 0.681. The standard InChI is InChI=1S/C14H27N3O.HI/c1-17(12-5-6-12)13(15)16-11-14(9-10-18)7-3-2-4-8-14;/h12,18H,2-11H2,1H3,(H2,15,16);1H. The molecule has 0 aromatic heterocycles. The summed E-state index contributed by atoms with van der Waals surface area (Å²) in [6, 6.07) is 0.619. The zero-order valence-electron chi connectivity index (χ0n) is 12.0. The van der Waals surface area contributed by atoms with Crippen LogP contribution in [0.15, 0.2) is 4.99 Å². The Kier molecular flexibility index (Phi) is 6.86. The van der Waals surface area contributed by atoms with Crippen molar-refractivity contribution in [1.82, 2.24) is 4.90 Å². The molecule has 2 saturated carbocycles. The van der Waals surface area contributed by atoms with Crippen molar-refractivity contribution in [3.05, 3.63) is 0 Å². The van der Waals surface area contributed by atoms with Gasteiger partial charge in [-0.25, -0.2) is 0 Å². The van der Waals surface area contributed by atoms with E-state index in [9.17, 15) is 5.11 Å².